The minimum atomic E-state index is -1.00. The Morgan fingerprint density at radius 3 is 2.35 bits per heavy atom. The average molecular weight is 561 g/mol. The van der Waals surface area contributed by atoms with Gasteiger partial charge in [-0.15, -0.1) is 0 Å². The Balaban J connectivity index is 2.60. The molecule has 2 rings (SSSR count). The first-order chi connectivity index (χ1) is 18.8. The summed E-state index contributed by atoms with van der Waals surface area (Å²) in [5.74, 6) is -2.39. The number of ketones is 2. The zero-order valence-corrected chi connectivity index (χ0v) is 24.1. The lowest BCUT2D eigenvalue weighted by molar-refractivity contribution is -0.120. The van der Waals surface area contributed by atoms with Gasteiger partial charge in [-0.05, 0) is 38.2 Å². The second-order valence-electron chi connectivity index (χ2n) is 10.1. The summed E-state index contributed by atoms with van der Waals surface area (Å²) >= 11 is 0. The number of carbonyl (C=O) groups is 4. The van der Waals surface area contributed by atoms with Gasteiger partial charge in [-0.2, -0.15) is 0 Å². The van der Waals surface area contributed by atoms with E-state index in [1.807, 2.05) is 6.92 Å². The molecule has 0 saturated carbocycles. The predicted octanol–water partition coefficient (Wildman–Crippen LogP) is 2.41. The van der Waals surface area contributed by atoms with Crippen LogP contribution in [0.15, 0.2) is 58.6 Å². The van der Waals surface area contributed by atoms with Gasteiger partial charge in [-0.25, -0.2) is 4.79 Å². The normalized spacial score (nSPS) is 29.3. The number of amides is 2. The molecule has 1 aliphatic heterocycles. The molecule has 0 spiro atoms. The Labute approximate surface area is 234 Å². The van der Waals surface area contributed by atoms with Crippen LogP contribution in [-0.4, -0.2) is 74.4 Å². The van der Waals surface area contributed by atoms with Gasteiger partial charge in [0.05, 0.1) is 25.0 Å². The summed E-state index contributed by atoms with van der Waals surface area (Å²) < 4.78 is 21.7. The lowest BCUT2D eigenvalue weighted by Gasteiger charge is -2.29. The Bertz CT molecular complexity index is 1150. The van der Waals surface area contributed by atoms with Crippen molar-refractivity contribution in [3.05, 3.63) is 58.6 Å². The molecule has 0 aromatic carbocycles. The molecule has 2 amide bonds. The highest BCUT2D eigenvalue weighted by molar-refractivity contribution is 6.23. The zero-order valence-electron chi connectivity index (χ0n) is 24.1. The number of aliphatic hydroxyl groups is 1. The summed E-state index contributed by atoms with van der Waals surface area (Å²) in [6.07, 6.45) is 3.61. The number of hydrogen-bond donors (Lipinski definition) is 3. The van der Waals surface area contributed by atoms with E-state index in [1.165, 1.54) is 34.3 Å². The summed E-state index contributed by atoms with van der Waals surface area (Å²) in [6, 6.07) is 0. The van der Waals surface area contributed by atoms with E-state index < -0.39 is 53.9 Å². The number of methoxy groups -OCH3 is 3. The molecular weight excluding hydrogens is 520 g/mol. The standard InChI is InChI=1S/C29H40N2O9/c1-15-11-19-25(34)20(14-21(32)27(19)39-7)31-28(35)16(2)9-8-10-22(37-5)26(40-29(30)36)18(4)13-17(3)24(33)23(12-15)38-6/h8-10,13-15,17,22-24,26,33H,11-12H2,1-7H3,(H2,30,36)(H,31,35)/t15-,17+,22-,23+,24-,26-/m1/s1. The highest BCUT2D eigenvalue weighted by atomic mass is 16.6. The van der Waals surface area contributed by atoms with E-state index in [9.17, 15) is 24.3 Å². The molecule has 2 aliphatic rings. The third-order valence-electron chi connectivity index (χ3n) is 6.95. The molecule has 0 saturated heterocycles. The topological polar surface area (TPSA) is 163 Å². The minimum Gasteiger partial charge on any atom is -0.492 e. The van der Waals surface area contributed by atoms with Crippen molar-refractivity contribution in [1.82, 2.24) is 5.32 Å². The van der Waals surface area contributed by atoms with Crippen molar-refractivity contribution in [2.24, 2.45) is 17.6 Å². The summed E-state index contributed by atoms with van der Waals surface area (Å²) in [5, 5.41) is 13.7. The van der Waals surface area contributed by atoms with Gasteiger partial charge in [-0.3, -0.25) is 14.4 Å². The Kier molecular flexibility index (Phi) is 12.0. The molecule has 11 heteroatoms. The Hall–Kier alpha value is -3.54. The van der Waals surface area contributed by atoms with Crippen LogP contribution in [0.1, 0.15) is 40.5 Å². The first-order valence-corrected chi connectivity index (χ1v) is 13.0. The number of nitrogens with one attached hydrogen (secondary N) is 1. The number of ether oxygens (including phenoxy) is 4. The number of rotatable bonds is 4. The van der Waals surface area contributed by atoms with Crippen molar-refractivity contribution in [2.75, 3.05) is 21.3 Å². The van der Waals surface area contributed by atoms with E-state index in [-0.39, 0.29) is 34.9 Å². The van der Waals surface area contributed by atoms with Crippen molar-refractivity contribution in [3.63, 3.8) is 0 Å². The van der Waals surface area contributed by atoms with Crippen LogP contribution in [0.4, 0.5) is 4.79 Å². The van der Waals surface area contributed by atoms with Crippen molar-refractivity contribution in [3.8, 4) is 0 Å². The fraction of sp³-hybridized carbons (Fsp3) is 0.517. The van der Waals surface area contributed by atoms with Crippen LogP contribution in [-0.2, 0) is 33.3 Å². The van der Waals surface area contributed by atoms with E-state index >= 15 is 0 Å². The number of carbonyl (C=O) groups excluding carboxylic acids is 4. The lowest BCUT2D eigenvalue weighted by atomic mass is 9.85. The summed E-state index contributed by atoms with van der Waals surface area (Å²) in [7, 11) is 4.21. The number of fused-ring (bicyclic) bond motifs is 2. The molecule has 2 bridgehead atoms. The predicted molar refractivity (Wildman–Crippen MR) is 147 cm³/mol. The molecule has 1 heterocycles. The summed E-state index contributed by atoms with van der Waals surface area (Å²) in [4.78, 5) is 50.6. The van der Waals surface area contributed by atoms with Gasteiger partial charge in [-0.1, -0.05) is 38.2 Å². The average Bonchev–Trinajstić information content (AvgIpc) is 2.90. The number of allylic oxidation sites excluding steroid dienone is 4. The zero-order chi connectivity index (χ0) is 30.1. The first kappa shape index (κ1) is 32.7. The molecule has 0 radical (unpaired) electrons. The van der Waals surface area contributed by atoms with Gasteiger partial charge in [0.2, 0.25) is 11.6 Å². The largest absolute Gasteiger partial charge is 0.492 e. The number of Topliss-reactive ketones (excluding diaryl/α,β-unsaturated/α-hetero) is 1. The number of primary amides is 1. The maximum absolute atomic E-state index is 13.3. The molecule has 1 aliphatic carbocycles. The van der Waals surface area contributed by atoms with Gasteiger partial charge in [0.25, 0.3) is 5.91 Å². The molecule has 0 unspecified atom stereocenters. The van der Waals surface area contributed by atoms with Crippen LogP contribution >= 0.6 is 0 Å². The van der Waals surface area contributed by atoms with Gasteiger partial charge in [0.15, 0.2) is 11.9 Å². The van der Waals surface area contributed by atoms with E-state index in [1.54, 1.807) is 32.1 Å². The molecule has 0 aromatic rings. The van der Waals surface area contributed by atoms with Gasteiger partial charge in [0.1, 0.15) is 6.10 Å². The first-order valence-electron chi connectivity index (χ1n) is 13.0. The summed E-state index contributed by atoms with van der Waals surface area (Å²) in [5.41, 5.74) is 6.12. The molecular formula is C29H40N2O9. The van der Waals surface area contributed by atoms with Crippen LogP contribution in [0.2, 0.25) is 0 Å². The Morgan fingerprint density at radius 1 is 1.10 bits per heavy atom. The van der Waals surface area contributed by atoms with E-state index in [4.69, 9.17) is 24.7 Å². The van der Waals surface area contributed by atoms with E-state index in [0.29, 0.717) is 12.0 Å². The Morgan fingerprint density at radius 2 is 1.77 bits per heavy atom. The third kappa shape index (κ3) is 8.23. The maximum Gasteiger partial charge on any atom is 0.405 e. The SMILES string of the molecule is COC1=C2C[C@@H](C)C[C@H](OC)[C@H](O)[C@@H](C)C=C(C)[C@@H](OC(N)=O)[C@H](OC)C=CC=C(C)C(=O)NC(=CC1=O)C2=O. The molecule has 0 aromatic heterocycles. The van der Waals surface area contributed by atoms with Crippen molar-refractivity contribution in [2.45, 2.75) is 65.0 Å². The van der Waals surface area contributed by atoms with E-state index in [0.717, 1.165) is 6.08 Å². The number of hydrogen-bond acceptors (Lipinski definition) is 9. The second-order valence-corrected chi connectivity index (χ2v) is 10.1. The van der Waals surface area contributed by atoms with Gasteiger partial charge < -0.3 is 35.1 Å². The van der Waals surface area contributed by atoms with Crippen LogP contribution in [0.25, 0.3) is 0 Å². The van der Waals surface area contributed by atoms with Gasteiger partial charge in [0, 0.05) is 37.4 Å². The highest BCUT2D eigenvalue weighted by Gasteiger charge is 2.34. The van der Waals surface area contributed by atoms with E-state index in [2.05, 4.69) is 5.32 Å². The minimum absolute atomic E-state index is 0.0801. The van der Waals surface area contributed by atoms with Crippen molar-refractivity contribution in [1.29, 1.82) is 0 Å². The number of nitrogens with two attached hydrogens (primary N) is 1. The quantitative estimate of drug-likeness (QED) is 0.346. The lowest BCUT2D eigenvalue weighted by Crippen LogP contribution is -2.37. The third-order valence-corrected chi connectivity index (χ3v) is 6.95. The van der Waals surface area contributed by atoms with Crippen LogP contribution in [0.5, 0.6) is 0 Å². The molecule has 6 atom stereocenters. The fourth-order valence-electron chi connectivity index (χ4n) is 4.78. The maximum atomic E-state index is 13.3. The van der Waals surface area contributed by atoms with Crippen molar-refractivity contribution < 1.29 is 43.2 Å². The van der Waals surface area contributed by atoms with Crippen LogP contribution in [0.3, 0.4) is 0 Å². The van der Waals surface area contributed by atoms with Gasteiger partial charge >= 0.3 is 6.09 Å². The summed E-state index contributed by atoms with van der Waals surface area (Å²) in [6.45, 7) is 6.92. The molecule has 4 N–H and O–H groups in total. The number of aliphatic hydroxyl groups excluding tert-OH is 1. The fourth-order valence-corrected chi connectivity index (χ4v) is 4.78. The molecule has 220 valence electrons. The highest BCUT2D eigenvalue weighted by Crippen LogP contribution is 2.29. The second kappa shape index (κ2) is 14.7. The smallest absolute Gasteiger partial charge is 0.405 e. The molecule has 40 heavy (non-hydrogen) atoms. The monoisotopic (exact) mass is 560 g/mol. The van der Waals surface area contributed by atoms with Crippen molar-refractivity contribution >= 4 is 23.6 Å². The molecule has 0 fully saturated rings. The van der Waals surface area contributed by atoms with Crippen LogP contribution < -0.4 is 11.1 Å². The van der Waals surface area contributed by atoms with Crippen LogP contribution in [0, 0.1) is 11.8 Å². The molecule has 11 nitrogen and oxygen atoms in total.